The highest BCUT2D eigenvalue weighted by Crippen LogP contribution is 2.19. The summed E-state index contributed by atoms with van der Waals surface area (Å²) in [5.41, 5.74) is 0.714. The van der Waals surface area contributed by atoms with Crippen LogP contribution in [0.4, 0.5) is 5.82 Å². The molecule has 126 valence electrons. The van der Waals surface area contributed by atoms with Gasteiger partial charge in [-0.25, -0.2) is 4.98 Å². The molecule has 2 aliphatic heterocycles. The van der Waals surface area contributed by atoms with Crippen molar-refractivity contribution in [3.8, 4) is 0 Å². The van der Waals surface area contributed by atoms with Crippen molar-refractivity contribution >= 4 is 11.7 Å². The zero-order valence-electron chi connectivity index (χ0n) is 14.1. The van der Waals surface area contributed by atoms with Gasteiger partial charge in [0.15, 0.2) is 0 Å². The molecule has 0 aliphatic carbocycles. The third-order valence-corrected chi connectivity index (χ3v) is 5.12. The summed E-state index contributed by atoms with van der Waals surface area (Å²) < 4.78 is 0. The first-order valence-corrected chi connectivity index (χ1v) is 8.95. The van der Waals surface area contributed by atoms with Crippen LogP contribution in [0.15, 0.2) is 18.3 Å². The predicted molar refractivity (Wildman–Crippen MR) is 92.9 cm³/mol. The van der Waals surface area contributed by atoms with Gasteiger partial charge in [-0.1, -0.05) is 12.8 Å². The summed E-state index contributed by atoms with van der Waals surface area (Å²) in [7, 11) is 1.99. The van der Waals surface area contributed by atoms with Crippen LogP contribution < -0.4 is 10.2 Å². The fourth-order valence-electron chi connectivity index (χ4n) is 3.55. The van der Waals surface area contributed by atoms with Crippen molar-refractivity contribution in [3.05, 3.63) is 23.9 Å². The maximum absolute atomic E-state index is 12.6. The Morgan fingerprint density at radius 1 is 1.09 bits per heavy atom. The predicted octanol–water partition coefficient (Wildman–Crippen LogP) is 2.29. The van der Waals surface area contributed by atoms with E-state index < -0.39 is 0 Å². The van der Waals surface area contributed by atoms with E-state index in [1.54, 1.807) is 6.20 Å². The monoisotopic (exact) mass is 316 g/mol. The van der Waals surface area contributed by atoms with E-state index in [1.807, 2.05) is 24.1 Å². The minimum Gasteiger partial charge on any atom is -0.357 e. The van der Waals surface area contributed by atoms with Crippen LogP contribution in [-0.2, 0) is 0 Å². The van der Waals surface area contributed by atoms with Gasteiger partial charge < -0.3 is 15.1 Å². The smallest absolute Gasteiger partial charge is 0.255 e. The zero-order chi connectivity index (χ0) is 16.1. The SMILES string of the molecule is CNC1CCN(C(=O)c2ccc(N3CCCCCC3)nc2)CC1. The lowest BCUT2D eigenvalue weighted by Gasteiger charge is -2.31. The van der Waals surface area contributed by atoms with Crippen LogP contribution >= 0.6 is 0 Å². The Kier molecular flexibility index (Phi) is 5.49. The zero-order valence-corrected chi connectivity index (χ0v) is 14.1. The normalized spacial score (nSPS) is 20.4. The number of hydrogen-bond acceptors (Lipinski definition) is 4. The number of carbonyl (C=O) groups is 1. The number of piperidine rings is 1. The van der Waals surface area contributed by atoms with Gasteiger partial charge in [-0.2, -0.15) is 0 Å². The Balaban J connectivity index is 1.61. The number of nitrogens with one attached hydrogen (secondary N) is 1. The lowest BCUT2D eigenvalue weighted by atomic mass is 10.0. The molecule has 2 fully saturated rings. The van der Waals surface area contributed by atoms with Crippen molar-refractivity contribution in [2.24, 2.45) is 0 Å². The van der Waals surface area contributed by atoms with E-state index >= 15 is 0 Å². The number of anilines is 1. The van der Waals surface area contributed by atoms with Gasteiger partial charge >= 0.3 is 0 Å². The van der Waals surface area contributed by atoms with E-state index in [2.05, 4.69) is 15.2 Å². The van der Waals surface area contributed by atoms with Crippen molar-refractivity contribution in [1.82, 2.24) is 15.2 Å². The molecule has 1 aromatic rings. The second-order valence-corrected chi connectivity index (χ2v) is 6.66. The van der Waals surface area contributed by atoms with Crippen molar-refractivity contribution in [2.75, 3.05) is 38.1 Å². The molecule has 0 atom stereocenters. The number of aromatic nitrogens is 1. The summed E-state index contributed by atoms with van der Waals surface area (Å²) in [6, 6.07) is 4.50. The molecule has 0 bridgehead atoms. The first-order chi connectivity index (χ1) is 11.3. The molecule has 5 heteroatoms. The van der Waals surface area contributed by atoms with Crippen LogP contribution in [0.2, 0.25) is 0 Å². The highest BCUT2D eigenvalue weighted by Gasteiger charge is 2.23. The molecule has 2 aliphatic rings. The van der Waals surface area contributed by atoms with Gasteiger partial charge in [-0.05, 0) is 44.9 Å². The number of amides is 1. The fourth-order valence-corrected chi connectivity index (χ4v) is 3.55. The van der Waals surface area contributed by atoms with E-state index in [1.165, 1.54) is 25.7 Å². The molecule has 3 rings (SSSR count). The van der Waals surface area contributed by atoms with Crippen molar-refractivity contribution < 1.29 is 4.79 Å². The second-order valence-electron chi connectivity index (χ2n) is 6.66. The fraction of sp³-hybridized carbons (Fsp3) is 0.667. The molecule has 23 heavy (non-hydrogen) atoms. The van der Waals surface area contributed by atoms with Gasteiger partial charge in [-0.3, -0.25) is 4.79 Å². The standard InChI is InChI=1S/C18H28N4O/c1-19-16-8-12-22(13-9-16)18(23)15-6-7-17(20-14-15)21-10-4-2-3-5-11-21/h6-7,14,16,19H,2-5,8-13H2,1H3. The van der Waals surface area contributed by atoms with Crippen LogP contribution in [0.1, 0.15) is 48.9 Å². The van der Waals surface area contributed by atoms with Crippen molar-refractivity contribution in [3.63, 3.8) is 0 Å². The first kappa shape index (κ1) is 16.2. The summed E-state index contributed by atoms with van der Waals surface area (Å²) >= 11 is 0. The molecule has 1 aromatic heterocycles. The summed E-state index contributed by atoms with van der Waals surface area (Å²) in [6.07, 6.45) is 8.92. The molecule has 0 radical (unpaired) electrons. The van der Waals surface area contributed by atoms with E-state index in [-0.39, 0.29) is 5.91 Å². The molecule has 1 amide bonds. The Bertz CT molecular complexity index is 500. The Morgan fingerprint density at radius 3 is 2.35 bits per heavy atom. The van der Waals surface area contributed by atoms with Crippen LogP contribution in [0.5, 0.6) is 0 Å². The Labute approximate surface area is 139 Å². The van der Waals surface area contributed by atoms with Gasteiger partial charge in [0.1, 0.15) is 5.82 Å². The number of pyridine rings is 1. The van der Waals surface area contributed by atoms with Gasteiger partial charge in [0.2, 0.25) is 0 Å². The Morgan fingerprint density at radius 2 is 1.78 bits per heavy atom. The largest absolute Gasteiger partial charge is 0.357 e. The summed E-state index contributed by atoms with van der Waals surface area (Å²) in [5, 5.41) is 3.30. The molecular formula is C18H28N4O. The van der Waals surface area contributed by atoms with Crippen LogP contribution in [0, 0.1) is 0 Å². The van der Waals surface area contributed by atoms with E-state index in [0.717, 1.165) is 44.8 Å². The van der Waals surface area contributed by atoms with Gasteiger partial charge in [-0.15, -0.1) is 0 Å². The summed E-state index contributed by atoms with van der Waals surface area (Å²) in [6.45, 7) is 3.83. The van der Waals surface area contributed by atoms with Gasteiger partial charge in [0, 0.05) is 38.4 Å². The summed E-state index contributed by atoms with van der Waals surface area (Å²) in [4.78, 5) is 21.4. The summed E-state index contributed by atoms with van der Waals surface area (Å²) in [5.74, 6) is 1.13. The molecule has 3 heterocycles. The first-order valence-electron chi connectivity index (χ1n) is 8.95. The molecule has 1 N–H and O–H groups in total. The minimum atomic E-state index is 0.120. The molecule has 2 saturated heterocycles. The van der Waals surface area contributed by atoms with Gasteiger partial charge in [0.05, 0.1) is 5.56 Å². The van der Waals surface area contributed by atoms with Crippen molar-refractivity contribution in [1.29, 1.82) is 0 Å². The molecule has 5 nitrogen and oxygen atoms in total. The average Bonchev–Trinajstić information content (AvgIpc) is 2.91. The van der Waals surface area contributed by atoms with E-state index in [4.69, 9.17) is 0 Å². The molecule has 0 saturated carbocycles. The Hall–Kier alpha value is -1.62. The average molecular weight is 316 g/mol. The van der Waals surface area contributed by atoms with E-state index in [0.29, 0.717) is 11.6 Å². The highest BCUT2D eigenvalue weighted by atomic mass is 16.2. The third-order valence-electron chi connectivity index (χ3n) is 5.12. The topological polar surface area (TPSA) is 48.5 Å². The lowest BCUT2D eigenvalue weighted by molar-refractivity contribution is 0.0707. The quantitative estimate of drug-likeness (QED) is 0.929. The number of rotatable bonds is 3. The van der Waals surface area contributed by atoms with Crippen molar-refractivity contribution in [2.45, 2.75) is 44.6 Å². The maximum atomic E-state index is 12.6. The number of nitrogens with zero attached hydrogens (tertiary/aromatic N) is 3. The molecule has 0 unspecified atom stereocenters. The number of hydrogen-bond donors (Lipinski definition) is 1. The van der Waals surface area contributed by atoms with Gasteiger partial charge in [0.25, 0.3) is 5.91 Å². The van der Waals surface area contributed by atoms with Crippen LogP contribution in [-0.4, -0.2) is 55.1 Å². The maximum Gasteiger partial charge on any atom is 0.255 e. The second kappa shape index (κ2) is 7.77. The third kappa shape index (κ3) is 4.02. The highest BCUT2D eigenvalue weighted by molar-refractivity contribution is 5.94. The van der Waals surface area contributed by atoms with Crippen LogP contribution in [0.3, 0.4) is 0 Å². The molecule has 0 spiro atoms. The van der Waals surface area contributed by atoms with E-state index in [9.17, 15) is 4.79 Å². The lowest BCUT2D eigenvalue weighted by Crippen LogP contribution is -2.44. The number of carbonyl (C=O) groups excluding carboxylic acids is 1. The van der Waals surface area contributed by atoms with Crippen LogP contribution in [0.25, 0.3) is 0 Å². The number of likely N-dealkylation sites (tertiary alicyclic amines) is 1. The molecular weight excluding hydrogens is 288 g/mol. The molecule has 0 aromatic carbocycles. The minimum absolute atomic E-state index is 0.120.